The Bertz CT molecular complexity index is 1300. The molecular weight excluding hydrogens is 524 g/mol. The van der Waals surface area contributed by atoms with Crippen LogP contribution in [0.4, 0.5) is 10.5 Å². The number of carbonyl (C=O) groups is 3. The molecular formula is C24H15BrN2O6S. The van der Waals surface area contributed by atoms with Crippen molar-refractivity contribution in [3.8, 4) is 5.75 Å². The highest BCUT2D eigenvalue weighted by atomic mass is 79.9. The highest BCUT2D eigenvalue weighted by molar-refractivity contribution is 9.10. The Morgan fingerprint density at radius 3 is 2.26 bits per heavy atom. The van der Waals surface area contributed by atoms with Crippen LogP contribution in [0.1, 0.15) is 21.5 Å². The van der Waals surface area contributed by atoms with Crippen LogP contribution in [0.3, 0.4) is 0 Å². The van der Waals surface area contributed by atoms with Crippen molar-refractivity contribution in [2.24, 2.45) is 0 Å². The van der Waals surface area contributed by atoms with Gasteiger partial charge in [-0.05, 0) is 65.4 Å². The lowest BCUT2D eigenvalue weighted by molar-refractivity contribution is -0.384. The molecule has 3 aromatic carbocycles. The van der Waals surface area contributed by atoms with Crippen molar-refractivity contribution in [2.45, 2.75) is 6.54 Å². The van der Waals surface area contributed by atoms with Crippen molar-refractivity contribution in [2.75, 3.05) is 0 Å². The average molecular weight is 539 g/mol. The van der Waals surface area contributed by atoms with Gasteiger partial charge in [-0.1, -0.05) is 40.2 Å². The molecule has 4 rings (SSSR count). The van der Waals surface area contributed by atoms with Gasteiger partial charge in [0, 0.05) is 16.6 Å². The minimum absolute atomic E-state index is 0.123. The lowest BCUT2D eigenvalue weighted by atomic mass is 10.2. The van der Waals surface area contributed by atoms with Gasteiger partial charge in [-0.3, -0.25) is 24.6 Å². The predicted molar refractivity (Wildman–Crippen MR) is 130 cm³/mol. The van der Waals surface area contributed by atoms with Crippen LogP contribution in [0, 0.1) is 10.1 Å². The number of nitro groups is 1. The fourth-order valence-electron chi connectivity index (χ4n) is 3.08. The van der Waals surface area contributed by atoms with Gasteiger partial charge < -0.3 is 4.74 Å². The van der Waals surface area contributed by atoms with Crippen LogP contribution >= 0.6 is 27.7 Å². The smallest absolute Gasteiger partial charge is 0.343 e. The molecule has 0 radical (unpaired) electrons. The first-order chi connectivity index (χ1) is 16.3. The van der Waals surface area contributed by atoms with Crippen LogP contribution in [0.5, 0.6) is 5.75 Å². The summed E-state index contributed by atoms with van der Waals surface area (Å²) in [6, 6.07) is 18.9. The zero-order valence-electron chi connectivity index (χ0n) is 17.3. The van der Waals surface area contributed by atoms with Gasteiger partial charge in [0.05, 0.1) is 21.9 Å². The van der Waals surface area contributed by atoms with Crippen molar-refractivity contribution in [3.05, 3.63) is 109 Å². The molecule has 0 N–H and O–H groups in total. The number of imide groups is 1. The Hall–Kier alpha value is -3.76. The summed E-state index contributed by atoms with van der Waals surface area (Å²) in [5, 5.41) is 10.4. The number of hydrogen-bond acceptors (Lipinski definition) is 7. The molecule has 2 amide bonds. The van der Waals surface area contributed by atoms with Crippen molar-refractivity contribution in [1.82, 2.24) is 4.90 Å². The SMILES string of the molecule is O=C(Oc1ccc(/C=C2\SC(=O)N(Cc3ccc(Br)cc3)C2=O)cc1)c1ccc([N+](=O)[O-])cc1. The molecule has 0 unspecified atom stereocenters. The van der Waals surface area contributed by atoms with Crippen molar-refractivity contribution in [3.63, 3.8) is 0 Å². The van der Waals surface area contributed by atoms with Crippen LogP contribution in [0.2, 0.25) is 0 Å². The highest BCUT2D eigenvalue weighted by Gasteiger charge is 2.34. The summed E-state index contributed by atoms with van der Waals surface area (Å²) >= 11 is 4.23. The second-order valence-electron chi connectivity index (χ2n) is 7.16. The lowest BCUT2D eigenvalue weighted by Gasteiger charge is -2.12. The number of nitro benzene ring substituents is 1. The number of halogens is 1. The zero-order chi connectivity index (χ0) is 24.2. The lowest BCUT2D eigenvalue weighted by Crippen LogP contribution is -2.27. The number of benzene rings is 3. The van der Waals surface area contributed by atoms with Gasteiger partial charge in [0.2, 0.25) is 0 Å². The Morgan fingerprint density at radius 2 is 1.65 bits per heavy atom. The monoisotopic (exact) mass is 538 g/mol. The van der Waals surface area contributed by atoms with Crippen LogP contribution in [-0.2, 0) is 11.3 Å². The Balaban J connectivity index is 1.41. The first kappa shape index (κ1) is 23.4. The molecule has 1 fully saturated rings. The van der Waals surface area contributed by atoms with Gasteiger partial charge in [-0.25, -0.2) is 4.79 Å². The number of thioether (sulfide) groups is 1. The summed E-state index contributed by atoms with van der Waals surface area (Å²) in [5.74, 6) is -0.757. The van der Waals surface area contributed by atoms with Gasteiger partial charge in [0.25, 0.3) is 16.8 Å². The molecule has 0 saturated carbocycles. The number of esters is 1. The Labute approximate surface area is 206 Å². The summed E-state index contributed by atoms with van der Waals surface area (Å²) in [6.45, 7) is 0.187. The third-order valence-corrected chi connectivity index (χ3v) is 6.27. The Morgan fingerprint density at radius 1 is 1.00 bits per heavy atom. The van der Waals surface area contributed by atoms with Gasteiger partial charge in [-0.2, -0.15) is 0 Å². The van der Waals surface area contributed by atoms with E-state index >= 15 is 0 Å². The molecule has 8 nitrogen and oxygen atoms in total. The van der Waals surface area contributed by atoms with Crippen LogP contribution in [-0.4, -0.2) is 26.9 Å². The standard InChI is InChI=1S/C24H15BrN2O6S/c25-18-7-1-16(2-8-18)14-26-22(28)21(34-24(26)30)13-15-3-11-20(12-4-15)33-23(29)17-5-9-19(10-6-17)27(31)32/h1-13H,14H2/b21-13-. The fourth-order valence-corrected chi connectivity index (χ4v) is 4.18. The second kappa shape index (κ2) is 10.0. The van der Waals surface area contributed by atoms with E-state index < -0.39 is 10.9 Å². The minimum atomic E-state index is -0.656. The van der Waals surface area contributed by atoms with E-state index in [1.54, 1.807) is 30.3 Å². The number of amides is 2. The van der Waals surface area contributed by atoms with Gasteiger partial charge in [0.15, 0.2) is 0 Å². The zero-order valence-corrected chi connectivity index (χ0v) is 19.7. The molecule has 34 heavy (non-hydrogen) atoms. The predicted octanol–water partition coefficient (Wildman–Crippen LogP) is 5.81. The number of non-ortho nitro benzene ring substituents is 1. The maximum atomic E-state index is 12.7. The summed E-state index contributed by atoms with van der Waals surface area (Å²) in [7, 11) is 0. The third-order valence-electron chi connectivity index (χ3n) is 4.83. The molecule has 0 aliphatic carbocycles. The number of nitrogens with zero attached hydrogens (tertiary/aromatic N) is 2. The van der Waals surface area contributed by atoms with Crippen molar-refractivity contribution >= 4 is 56.6 Å². The molecule has 0 spiro atoms. The summed E-state index contributed by atoms with van der Waals surface area (Å²) in [4.78, 5) is 49.0. The molecule has 1 heterocycles. The van der Waals surface area contributed by atoms with E-state index in [4.69, 9.17) is 4.74 Å². The highest BCUT2D eigenvalue weighted by Crippen LogP contribution is 2.33. The van der Waals surface area contributed by atoms with Gasteiger partial charge >= 0.3 is 5.97 Å². The van der Waals surface area contributed by atoms with E-state index in [1.165, 1.54) is 29.2 Å². The number of hydrogen-bond donors (Lipinski definition) is 0. The van der Waals surface area contributed by atoms with E-state index in [1.807, 2.05) is 24.3 Å². The van der Waals surface area contributed by atoms with E-state index in [0.717, 1.165) is 21.8 Å². The van der Waals surface area contributed by atoms with E-state index in [2.05, 4.69) is 15.9 Å². The third kappa shape index (κ3) is 5.41. The number of ether oxygens (including phenoxy) is 1. The molecule has 0 atom stereocenters. The minimum Gasteiger partial charge on any atom is -0.423 e. The largest absolute Gasteiger partial charge is 0.423 e. The number of carbonyl (C=O) groups excluding carboxylic acids is 3. The van der Waals surface area contributed by atoms with Crippen molar-refractivity contribution < 1.29 is 24.0 Å². The van der Waals surface area contributed by atoms with Gasteiger partial charge in [0.1, 0.15) is 5.75 Å². The molecule has 3 aromatic rings. The topological polar surface area (TPSA) is 107 Å². The van der Waals surface area contributed by atoms with Crippen LogP contribution in [0.25, 0.3) is 6.08 Å². The molecule has 1 aliphatic heterocycles. The van der Waals surface area contributed by atoms with Crippen molar-refractivity contribution in [1.29, 1.82) is 0 Å². The van der Waals surface area contributed by atoms with Gasteiger partial charge in [-0.15, -0.1) is 0 Å². The maximum absolute atomic E-state index is 12.7. The Kier molecular flexibility index (Phi) is 6.90. The number of rotatable bonds is 6. The second-order valence-corrected chi connectivity index (χ2v) is 9.07. The first-order valence-electron chi connectivity index (χ1n) is 9.87. The van der Waals surface area contributed by atoms with Crippen LogP contribution < -0.4 is 4.74 Å². The normalized spacial score (nSPS) is 14.5. The van der Waals surface area contributed by atoms with E-state index in [9.17, 15) is 24.5 Å². The first-order valence-corrected chi connectivity index (χ1v) is 11.5. The average Bonchev–Trinajstić information content (AvgIpc) is 3.09. The quantitative estimate of drug-likeness (QED) is 0.128. The molecule has 170 valence electrons. The summed E-state index contributed by atoms with van der Waals surface area (Å²) < 4.78 is 6.20. The maximum Gasteiger partial charge on any atom is 0.343 e. The van der Waals surface area contributed by atoms with E-state index in [-0.39, 0.29) is 34.7 Å². The fraction of sp³-hybridized carbons (Fsp3) is 0.0417. The van der Waals surface area contributed by atoms with E-state index in [0.29, 0.717) is 10.5 Å². The molecule has 1 saturated heterocycles. The summed E-state index contributed by atoms with van der Waals surface area (Å²) in [5.41, 5.74) is 1.55. The molecule has 0 aromatic heterocycles. The molecule has 1 aliphatic rings. The molecule has 0 bridgehead atoms. The molecule has 10 heteroatoms. The summed E-state index contributed by atoms with van der Waals surface area (Å²) in [6.07, 6.45) is 1.61. The van der Waals surface area contributed by atoms with Crippen LogP contribution in [0.15, 0.2) is 82.2 Å².